The van der Waals surface area contributed by atoms with E-state index < -0.39 is 16.8 Å². The van der Waals surface area contributed by atoms with Gasteiger partial charge in [-0.15, -0.1) is 10.2 Å². The van der Waals surface area contributed by atoms with Gasteiger partial charge in [0.05, 0.1) is 23.6 Å². The van der Waals surface area contributed by atoms with Crippen molar-refractivity contribution >= 4 is 40.9 Å². The Morgan fingerprint density at radius 1 is 1.03 bits per heavy atom. The van der Waals surface area contributed by atoms with Crippen LogP contribution < -0.4 is 16.2 Å². The van der Waals surface area contributed by atoms with Gasteiger partial charge in [0.2, 0.25) is 11.8 Å². The van der Waals surface area contributed by atoms with E-state index in [1.54, 1.807) is 55.5 Å². The molecule has 0 radical (unpaired) electrons. The lowest BCUT2D eigenvalue weighted by atomic mass is 10.1. The maximum absolute atomic E-state index is 12.8. The van der Waals surface area contributed by atoms with Crippen LogP contribution in [-0.4, -0.2) is 45.3 Å². The average Bonchev–Trinajstić information content (AvgIpc) is 2.87. The van der Waals surface area contributed by atoms with Crippen molar-refractivity contribution in [3.63, 3.8) is 0 Å². The van der Waals surface area contributed by atoms with Crippen LogP contribution in [-0.2, 0) is 14.3 Å². The summed E-state index contributed by atoms with van der Waals surface area (Å²) in [6, 6.07) is 13.1. The van der Waals surface area contributed by atoms with Crippen LogP contribution in [0.5, 0.6) is 0 Å². The highest BCUT2D eigenvalue weighted by Crippen LogP contribution is 2.26. The number of hydrogen-bond donors (Lipinski definition) is 3. The molecule has 2 aromatic carbocycles. The summed E-state index contributed by atoms with van der Waals surface area (Å²) in [5, 5.41) is 13.3. The van der Waals surface area contributed by atoms with Crippen molar-refractivity contribution in [2.24, 2.45) is 0 Å². The van der Waals surface area contributed by atoms with Gasteiger partial charge in [-0.3, -0.25) is 19.4 Å². The quantitative estimate of drug-likeness (QED) is 0.302. The molecule has 0 saturated carbocycles. The second kappa shape index (κ2) is 11.9. The summed E-state index contributed by atoms with van der Waals surface area (Å²) in [4.78, 5) is 51.6. The van der Waals surface area contributed by atoms with Crippen LogP contribution in [0.3, 0.4) is 0 Å². The summed E-state index contributed by atoms with van der Waals surface area (Å²) >= 11 is 1.08. The first-order chi connectivity index (χ1) is 16.9. The maximum Gasteiger partial charge on any atom is 0.337 e. The molecule has 3 N–H and O–H groups in total. The van der Waals surface area contributed by atoms with E-state index in [-0.39, 0.29) is 22.7 Å². The molecule has 1 aromatic heterocycles. The molecule has 0 fully saturated rings. The molecule has 35 heavy (non-hydrogen) atoms. The Morgan fingerprint density at radius 2 is 1.74 bits per heavy atom. The molecule has 0 spiro atoms. The maximum atomic E-state index is 12.8. The minimum Gasteiger partial charge on any atom is -0.465 e. The highest BCUT2D eigenvalue weighted by molar-refractivity contribution is 8.00. The predicted octanol–water partition coefficient (Wildman–Crippen LogP) is 3.48. The third kappa shape index (κ3) is 6.54. The summed E-state index contributed by atoms with van der Waals surface area (Å²) in [7, 11) is 1.30. The fraction of sp³-hybridized carbons (Fsp3) is 0.250. The molecule has 0 saturated heterocycles. The molecule has 3 aromatic rings. The number of methoxy groups -OCH3 is 1. The highest BCUT2D eigenvalue weighted by Gasteiger charge is 2.21. The van der Waals surface area contributed by atoms with Crippen LogP contribution in [0.4, 0.5) is 11.4 Å². The largest absolute Gasteiger partial charge is 0.465 e. The normalized spacial score (nSPS) is 11.4. The van der Waals surface area contributed by atoms with Crippen molar-refractivity contribution in [2.75, 3.05) is 17.7 Å². The minimum absolute atomic E-state index is 0.0598. The fourth-order valence-corrected chi connectivity index (χ4v) is 3.92. The van der Waals surface area contributed by atoms with E-state index in [0.29, 0.717) is 35.3 Å². The second-order valence-electron chi connectivity index (χ2n) is 7.33. The number of aromatic nitrogens is 3. The van der Waals surface area contributed by atoms with E-state index >= 15 is 0 Å². The number of nitrogens with zero attached hydrogens (tertiary/aromatic N) is 2. The van der Waals surface area contributed by atoms with E-state index in [4.69, 9.17) is 0 Å². The zero-order valence-corrected chi connectivity index (χ0v) is 20.3. The third-order valence-electron chi connectivity index (χ3n) is 4.94. The molecule has 3 rings (SSSR count). The van der Waals surface area contributed by atoms with Gasteiger partial charge in [-0.25, -0.2) is 4.79 Å². The Labute approximate surface area is 205 Å². The number of hydrogen-bond acceptors (Lipinski definition) is 8. The molecule has 0 bridgehead atoms. The summed E-state index contributed by atoms with van der Waals surface area (Å²) in [5.41, 5.74) is 1.36. The van der Waals surface area contributed by atoms with Crippen molar-refractivity contribution in [2.45, 2.75) is 37.1 Å². The van der Waals surface area contributed by atoms with Crippen molar-refractivity contribution in [1.82, 2.24) is 15.2 Å². The molecule has 10 nitrogen and oxygen atoms in total. The van der Waals surface area contributed by atoms with Crippen molar-refractivity contribution in [1.29, 1.82) is 0 Å². The first kappa shape index (κ1) is 25.6. The molecule has 182 valence electrons. The summed E-state index contributed by atoms with van der Waals surface area (Å²) < 4.78 is 4.66. The van der Waals surface area contributed by atoms with Crippen LogP contribution in [0.1, 0.15) is 37.0 Å². The summed E-state index contributed by atoms with van der Waals surface area (Å²) in [6.45, 7) is 3.57. The van der Waals surface area contributed by atoms with Gasteiger partial charge in [-0.1, -0.05) is 43.8 Å². The lowest BCUT2D eigenvalue weighted by Crippen LogP contribution is -2.25. The number of carbonyl (C=O) groups excluding carboxylic acids is 3. The van der Waals surface area contributed by atoms with Crippen LogP contribution in [0.2, 0.25) is 0 Å². The monoisotopic (exact) mass is 495 g/mol. The Morgan fingerprint density at radius 3 is 2.37 bits per heavy atom. The van der Waals surface area contributed by atoms with Gasteiger partial charge in [0, 0.05) is 17.7 Å². The molecule has 1 heterocycles. The second-order valence-corrected chi connectivity index (χ2v) is 8.52. The van der Waals surface area contributed by atoms with Crippen molar-refractivity contribution in [3.8, 4) is 11.3 Å². The summed E-state index contributed by atoms with van der Waals surface area (Å²) in [6.07, 6.45) is 0.760. The highest BCUT2D eigenvalue weighted by atomic mass is 32.2. The topological polar surface area (TPSA) is 143 Å². The van der Waals surface area contributed by atoms with E-state index in [9.17, 15) is 19.2 Å². The molecule has 1 atom stereocenters. The number of ether oxygens (including phenoxy) is 1. The lowest BCUT2D eigenvalue weighted by molar-refractivity contribution is -0.116. The van der Waals surface area contributed by atoms with Crippen molar-refractivity contribution < 1.29 is 19.1 Å². The first-order valence-electron chi connectivity index (χ1n) is 10.9. The van der Waals surface area contributed by atoms with E-state index in [0.717, 1.165) is 11.8 Å². The van der Waals surface area contributed by atoms with Gasteiger partial charge in [0.25, 0.3) is 5.56 Å². The molecule has 0 aliphatic carbocycles. The number of esters is 1. The molecular formula is C24H25N5O5S. The van der Waals surface area contributed by atoms with Gasteiger partial charge < -0.3 is 15.4 Å². The number of nitrogens with one attached hydrogen (secondary N) is 3. The number of aromatic amines is 1. The van der Waals surface area contributed by atoms with Crippen molar-refractivity contribution in [3.05, 3.63) is 64.4 Å². The Balaban J connectivity index is 1.74. The molecule has 0 unspecified atom stereocenters. The number of para-hydroxylation sites is 1. The first-order valence-corrected chi connectivity index (χ1v) is 11.8. The number of anilines is 2. The van der Waals surface area contributed by atoms with Crippen LogP contribution >= 0.6 is 11.8 Å². The van der Waals surface area contributed by atoms with Gasteiger partial charge in [-0.05, 0) is 36.8 Å². The molecular weight excluding hydrogens is 470 g/mol. The molecule has 0 aliphatic rings. The Kier molecular flexibility index (Phi) is 8.74. The zero-order chi connectivity index (χ0) is 25.4. The third-order valence-corrected chi connectivity index (χ3v) is 6.18. The molecule has 11 heteroatoms. The zero-order valence-electron chi connectivity index (χ0n) is 19.5. The molecule has 0 aliphatic heterocycles. The van der Waals surface area contributed by atoms with Gasteiger partial charge >= 0.3 is 5.97 Å². The van der Waals surface area contributed by atoms with Gasteiger partial charge in [0.15, 0.2) is 10.9 Å². The standard InChI is InChI=1S/C24H25N5O5S/c1-4-18(21(31)25-15-12-10-14(11-13-15)23(33)34-3)35-24-27-22(32)20(28-29-24)16-8-6-7-9-17(16)26-19(30)5-2/h6-13,18H,4-5H2,1-3H3,(H,25,31)(H,26,30)(H,27,29,32)/t18-/m1/s1. The summed E-state index contributed by atoms with van der Waals surface area (Å²) in [5.74, 6) is -0.945. The Bertz CT molecular complexity index is 1280. The van der Waals surface area contributed by atoms with Crippen LogP contribution in [0.15, 0.2) is 58.5 Å². The predicted molar refractivity (Wildman–Crippen MR) is 133 cm³/mol. The number of carbonyl (C=O) groups is 3. The fourth-order valence-electron chi connectivity index (χ4n) is 3.08. The lowest BCUT2D eigenvalue weighted by Gasteiger charge is -2.14. The van der Waals surface area contributed by atoms with E-state index in [1.165, 1.54) is 7.11 Å². The van der Waals surface area contributed by atoms with E-state index in [2.05, 4.69) is 30.6 Å². The van der Waals surface area contributed by atoms with E-state index in [1.807, 2.05) is 6.92 Å². The van der Waals surface area contributed by atoms with Gasteiger partial charge in [0.1, 0.15) is 0 Å². The number of H-pyrrole nitrogens is 1. The van der Waals surface area contributed by atoms with Gasteiger partial charge in [-0.2, -0.15) is 0 Å². The number of thioether (sulfide) groups is 1. The Hall–Kier alpha value is -3.99. The van der Waals surface area contributed by atoms with Crippen LogP contribution in [0, 0.1) is 0 Å². The molecule has 2 amide bonds. The number of amides is 2. The SMILES string of the molecule is CCC(=O)Nc1ccccc1-c1nnc(S[C@H](CC)C(=O)Nc2ccc(C(=O)OC)cc2)[nH]c1=O. The average molecular weight is 496 g/mol. The number of benzene rings is 2. The minimum atomic E-state index is -0.554. The smallest absolute Gasteiger partial charge is 0.337 e. The van der Waals surface area contributed by atoms with Crippen LogP contribution in [0.25, 0.3) is 11.3 Å². The number of rotatable bonds is 9.